The third-order valence-electron chi connectivity index (χ3n) is 4.72. The van der Waals surface area contributed by atoms with Crippen molar-refractivity contribution in [1.82, 2.24) is 14.5 Å². The number of nitrogens with zero attached hydrogens (tertiary/aromatic N) is 3. The Bertz CT molecular complexity index is 896. The summed E-state index contributed by atoms with van der Waals surface area (Å²) < 4.78 is 29.4. The second-order valence-corrected chi connectivity index (χ2v) is 8.73. The Morgan fingerprint density at radius 3 is 2.59 bits per heavy atom. The molecule has 0 saturated carbocycles. The maximum Gasteiger partial charge on any atom is 0.240 e. The quantitative estimate of drug-likeness (QED) is 0.725. The summed E-state index contributed by atoms with van der Waals surface area (Å²) in [7, 11) is -3.60. The number of nitrogens with one attached hydrogen (secondary N) is 1. The molecule has 9 heteroatoms. The van der Waals surface area contributed by atoms with E-state index >= 15 is 0 Å². The topological polar surface area (TPSA) is 84.3 Å². The number of halogens is 1. The van der Waals surface area contributed by atoms with Crippen molar-refractivity contribution in [3.05, 3.63) is 41.7 Å². The van der Waals surface area contributed by atoms with E-state index in [9.17, 15) is 13.2 Å². The first-order valence-electron chi connectivity index (χ1n) is 9.00. The molecular formula is C18H23ClN4O3S. The maximum atomic E-state index is 12.5. The van der Waals surface area contributed by atoms with Crippen LogP contribution in [0.1, 0.15) is 38.6 Å². The average Bonchev–Trinajstić information content (AvgIpc) is 3.27. The Hall–Kier alpha value is -1.90. The Labute approximate surface area is 164 Å². The van der Waals surface area contributed by atoms with Crippen molar-refractivity contribution in [3.63, 3.8) is 0 Å². The van der Waals surface area contributed by atoms with E-state index in [4.69, 9.17) is 11.6 Å². The van der Waals surface area contributed by atoms with Crippen LogP contribution in [0.2, 0.25) is 5.02 Å². The van der Waals surface area contributed by atoms with Crippen LogP contribution in [0.25, 0.3) is 0 Å². The first-order valence-corrected chi connectivity index (χ1v) is 10.9. The number of aromatic nitrogens is 2. The second kappa shape index (κ2) is 8.41. The first kappa shape index (κ1) is 19.9. The molecule has 0 bridgehead atoms. The predicted octanol–water partition coefficient (Wildman–Crippen LogP) is 2.98. The zero-order valence-corrected chi connectivity index (χ0v) is 16.7. The minimum absolute atomic E-state index is 0.0729. The number of hydrogen-bond acceptors (Lipinski definition) is 4. The molecule has 1 amide bonds. The molecule has 3 rings (SSSR count). The van der Waals surface area contributed by atoms with Crippen LogP contribution in [0.15, 0.2) is 41.6 Å². The fourth-order valence-corrected chi connectivity index (χ4v) is 4.40. The van der Waals surface area contributed by atoms with Gasteiger partial charge in [0, 0.05) is 31.4 Å². The van der Waals surface area contributed by atoms with Crippen molar-refractivity contribution in [2.24, 2.45) is 0 Å². The highest BCUT2D eigenvalue weighted by atomic mass is 35.5. The van der Waals surface area contributed by atoms with Crippen molar-refractivity contribution in [2.75, 3.05) is 18.0 Å². The van der Waals surface area contributed by atoms with Gasteiger partial charge in [-0.05, 0) is 43.5 Å². The molecule has 1 saturated heterocycles. The molecule has 27 heavy (non-hydrogen) atoms. The van der Waals surface area contributed by atoms with Crippen LogP contribution in [0.5, 0.6) is 0 Å². The minimum atomic E-state index is -3.60. The standard InChI is InChI=1S/C18H23ClN4O3S/c1-2-15(23-13-14(19)12-20-23)9-10-21-27(25,26)17-7-5-16(6-8-17)22-11-3-4-18(22)24/h5-8,12-13,15,21H,2-4,9-11H2,1H3/t15-/m1/s1. The van der Waals surface area contributed by atoms with Crippen LogP contribution in [0, 0.1) is 0 Å². The summed E-state index contributed by atoms with van der Waals surface area (Å²) in [6, 6.07) is 6.50. The van der Waals surface area contributed by atoms with Crippen molar-refractivity contribution in [2.45, 2.75) is 43.5 Å². The number of sulfonamides is 1. The lowest BCUT2D eigenvalue weighted by Crippen LogP contribution is -2.27. The van der Waals surface area contributed by atoms with Crippen molar-refractivity contribution < 1.29 is 13.2 Å². The lowest BCUT2D eigenvalue weighted by molar-refractivity contribution is -0.117. The van der Waals surface area contributed by atoms with Crippen molar-refractivity contribution in [1.29, 1.82) is 0 Å². The van der Waals surface area contributed by atoms with E-state index in [0.29, 0.717) is 31.0 Å². The van der Waals surface area contributed by atoms with Gasteiger partial charge in [0.15, 0.2) is 0 Å². The molecule has 1 aromatic carbocycles. The molecule has 1 atom stereocenters. The summed E-state index contributed by atoms with van der Waals surface area (Å²) in [5, 5.41) is 4.75. The number of carbonyl (C=O) groups is 1. The number of carbonyl (C=O) groups excluding carboxylic acids is 1. The van der Waals surface area contributed by atoms with Gasteiger partial charge in [0.05, 0.1) is 22.2 Å². The van der Waals surface area contributed by atoms with Gasteiger partial charge in [0.1, 0.15) is 0 Å². The predicted molar refractivity (Wildman–Crippen MR) is 104 cm³/mol. The molecule has 146 valence electrons. The lowest BCUT2D eigenvalue weighted by atomic mass is 10.1. The highest BCUT2D eigenvalue weighted by molar-refractivity contribution is 7.89. The fourth-order valence-electron chi connectivity index (χ4n) is 3.21. The number of hydrogen-bond donors (Lipinski definition) is 1. The van der Waals surface area contributed by atoms with E-state index in [-0.39, 0.29) is 16.8 Å². The van der Waals surface area contributed by atoms with Gasteiger partial charge in [-0.25, -0.2) is 13.1 Å². The van der Waals surface area contributed by atoms with Crippen LogP contribution >= 0.6 is 11.6 Å². The van der Waals surface area contributed by atoms with E-state index in [1.807, 2.05) is 6.92 Å². The Kier molecular flexibility index (Phi) is 6.18. The molecule has 0 radical (unpaired) electrons. The second-order valence-electron chi connectivity index (χ2n) is 6.53. The van der Waals surface area contributed by atoms with Crippen LogP contribution in [-0.4, -0.2) is 37.2 Å². The van der Waals surface area contributed by atoms with E-state index in [0.717, 1.165) is 18.5 Å². The monoisotopic (exact) mass is 410 g/mol. The van der Waals surface area contributed by atoms with E-state index in [1.165, 1.54) is 12.1 Å². The van der Waals surface area contributed by atoms with Crippen molar-refractivity contribution in [3.8, 4) is 0 Å². The lowest BCUT2D eigenvalue weighted by Gasteiger charge is -2.17. The average molecular weight is 411 g/mol. The van der Waals surface area contributed by atoms with Crippen molar-refractivity contribution >= 4 is 33.2 Å². The SMILES string of the molecule is CC[C@H](CCNS(=O)(=O)c1ccc(N2CCCC2=O)cc1)n1cc(Cl)cn1. The summed E-state index contributed by atoms with van der Waals surface area (Å²) in [5.41, 5.74) is 0.734. The van der Waals surface area contributed by atoms with Gasteiger partial charge in [-0.2, -0.15) is 5.10 Å². The summed E-state index contributed by atoms with van der Waals surface area (Å²) in [6.45, 7) is 3.00. The van der Waals surface area contributed by atoms with Gasteiger partial charge in [0.25, 0.3) is 0 Å². The first-order chi connectivity index (χ1) is 12.9. The number of amides is 1. The fraction of sp³-hybridized carbons (Fsp3) is 0.444. The third-order valence-corrected chi connectivity index (χ3v) is 6.39. The molecule has 2 heterocycles. The van der Waals surface area contributed by atoms with Gasteiger partial charge in [-0.1, -0.05) is 18.5 Å². The van der Waals surface area contributed by atoms with Crippen LogP contribution < -0.4 is 9.62 Å². The molecule has 1 aliphatic rings. The Morgan fingerprint density at radius 2 is 2.04 bits per heavy atom. The molecule has 1 N–H and O–H groups in total. The minimum Gasteiger partial charge on any atom is -0.312 e. The number of benzene rings is 1. The highest BCUT2D eigenvalue weighted by Gasteiger charge is 2.22. The third kappa shape index (κ3) is 4.69. The summed E-state index contributed by atoms with van der Waals surface area (Å²) >= 11 is 5.90. The smallest absolute Gasteiger partial charge is 0.240 e. The summed E-state index contributed by atoms with van der Waals surface area (Å²) in [6.07, 6.45) is 6.11. The van der Waals surface area contributed by atoms with Crippen LogP contribution in [0.3, 0.4) is 0 Å². The molecule has 1 aromatic heterocycles. The summed E-state index contributed by atoms with van der Waals surface area (Å²) in [5.74, 6) is 0.0769. The van der Waals surface area contributed by atoms with E-state index < -0.39 is 10.0 Å². The zero-order valence-electron chi connectivity index (χ0n) is 15.1. The van der Waals surface area contributed by atoms with Gasteiger partial charge in [-0.15, -0.1) is 0 Å². The Morgan fingerprint density at radius 1 is 1.30 bits per heavy atom. The van der Waals surface area contributed by atoms with Crippen LogP contribution in [0.4, 0.5) is 5.69 Å². The molecule has 7 nitrogen and oxygen atoms in total. The molecule has 2 aromatic rings. The number of rotatable bonds is 8. The normalized spacial score (nSPS) is 16.1. The molecule has 0 unspecified atom stereocenters. The Balaban J connectivity index is 1.60. The molecular weight excluding hydrogens is 388 g/mol. The number of anilines is 1. The molecule has 0 spiro atoms. The van der Waals surface area contributed by atoms with E-state index in [1.54, 1.807) is 34.1 Å². The van der Waals surface area contributed by atoms with Gasteiger partial charge in [0.2, 0.25) is 15.9 Å². The highest BCUT2D eigenvalue weighted by Crippen LogP contribution is 2.23. The maximum absolute atomic E-state index is 12.5. The molecule has 0 aliphatic carbocycles. The largest absolute Gasteiger partial charge is 0.312 e. The molecule has 1 fully saturated rings. The van der Waals surface area contributed by atoms with Gasteiger partial charge < -0.3 is 4.90 Å². The molecule has 1 aliphatic heterocycles. The summed E-state index contributed by atoms with van der Waals surface area (Å²) in [4.78, 5) is 13.7. The van der Waals surface area contributed by atoms with Gasteiger partial charge >= 0.3 is 0 Å². The van der Waals surface area contributed by atoms with Gasteiger partial charge in [-0.3, -0.25) is 9.48 Å². The zero-order chi connectivity index (χ0) is 19.4. The van der Waals surface area contributed by atoms with E-state index in [2.05, 4.69) is 9.82 Å². The van der Waals surface area contributed by atoms with Crippen LogP contribution in [-0.2, 0) is 14.8 Å².